The first-order chi connectivity index (χ1) is 41.2. The second-order valence-corrected chi connectivity index (χ2v) is 32.1. The fourth-order valence-electron chi connectivity index (χ4n) is 26.0. The predicted octanol–water partition coefficient (Wildman–Crippen LogP) is 9.34. The highest BCUT2D eigenvalue weighted by atomic mass is 16.5. The highest BCUT2D eigenvalue weighted by Crippen LogP contribution is 2.61. The van der Waals surface area contributed by atoms with Crippen LogP contribution in [0, 0.1) is 130 Å². The third-order valence-corrected chi connectivity index (χ3v) is 29.1. The Morgan fingerprint density at radius 1 is 0.286 bits per heavy atom. The van der Waals surface area contributed by atoms with E-state index in [2.05, 4.69) is 98.7 Å². The van der Waals surface area contributed by atoms with E-state index in [0.717, 1.165) is 62.6 Å². The van der Waals surface area contributed by atoms with Crippen molar-refractivity contribution in [1.82, 2.24) is 42.5 Å². The quantitative estimate of drug-likeness (QED) is 0.0877. The van der Waals surface area contributed by atoms with E-state index in [1.165, 1.54) is 128 Å². The van der Waals surface area contributed by atoms with Gasteiger partial charge < -0.3 is 28.4 Å². The molecule has 8 N–H and O–H groups in total. The molecule has 15 aliphatic rings. The van der Waals surface area contributed by atoms with Crippen LogP contribution in [0.4, 0.5) is 0 Å². The maximum Gasteiger partial charge on any atom is 0.0665 e. The molecule has 5 aliphatic heterocycles. The summed E-state index contributed by atoms with van der Waals surface area (Å²) in [4.78, 5) is 0. The molecule has 5 heterocycles. The van der Waals surface area contributed by atoms with Gasteiger partial charge in [-0.25, -0.2) is 0 Å². The van der Waals surface area contributed by atoms with Crippen molar-refractivity contribution in [3.8, 4) is 0 Å². The fraction of sp³-hybridized carbons (Fsp3) is 1.00. The van der Waals surface area contributed by atoms with Crippen LogP contribution in [0.15, 0.2) is 0 Å². The maximum absolute atomic E-state index is 7.53. The van der Waals surface area contributed by atoms with Crippen molar-refractivity contribution in [2.45, 2.75) is 268 Å². The Morgan fingerprint density at radius 2 is 0.524 bits per heavy atom. The number of fused-ring (bicyclic) bond motifs is 26. The largest absolute Gasteiger partial charge is 0.381 e. The molecule has 36 atom stereocenters. The molecule has 0 aromatic carbocycles. The average Bonchev–Trinajstić information content (AvgIpc) is 1.88. The summed E-state index contributed by atoms with van der Waals surface area (Å²) in [5.41, 5.74) is 0. The normalized spacial score (nSPS) is 56.3. The van der Waals surface area contributed by atoms with Crippen LogP contribution < -0.4 is 42.5 Å². The summed E-state index contributed by atoms with van der Waals surface area (Å²) < 4.78 is 43.7. The third kappa shape index (κ3) is 10.0. The lowest BCUT2D eigenvalue weighted by Crippen LogP contribution is -2.63. The van der Waals surface area contributed by atoms with Crippen molar-refractivity contribution in [3.05, 3.63) is 0 Å². The number of unbranched alkanes of at least 4 members (excludes halogenated alkanes) is 2. The Hall–Kier alpha value is -0.560. The first-order valence-corrected chi connectivity index (χ1v) is 36.7. The molecule has 0 amide bonds. The lowest BCUT2D eigenvalue weighted by Gasteiger charge is -2.56. The zero-order chi connectivity index (χ0) is 57.1. The van der Waals surface area contributed by atoms with Gasteiger partial charge in [0, 0.05) is 77.2 Å². The molecular formula is C70H120N8O6. The van der Waals surface area contributed by atoms with Crippen molar-refractivity contribution in [1.29, 1.82) is 0 Å². The standard InChI is InChI=1S/C70H120N8O6/c1-9-11-29-83-61-43-27-19-17-25-41(43)35(3)49-51(61)65-71-63(49)73-67-53-54(58(80-6)46-32-38-22-14-13-21-37(38)31-45(46)57(53)79-5)68(77-67)74-64-50-36(4)42-26-18-20-28-44(42)62(84-30-12-10-2)52(50)66(72-64)76-70-56-55(69(75-65)78-70)59(81-7)47-33-39-23-15-16-24-40(39)34-48(47)60(56)82-8/h35-78H,9-34H2,1-8H3. The topological polar surface area (TPSA) is 152 Å². The third-order valence-electron chi connectivity index (χ3n) is 29.1. The Kier molecular flexibility index (Phi) is 17.9. The minimum atomic E-state index is 0.000215. The van der Waals surface area contributed by atoms with Gasteiger partial charge in [0.15, 0.2) is 0 Å². The van der Waals surface area contributed by atoms with Gasteiger partial charge in [0.2, 0.25) is 0 Å². The average molecular weight is 1170 g/mol. The van der Waals surface area contributed by atoms with Crippen LogP contribution >= 0.6 is 0 Å². The molecule has 0 spiro atoms. The number of rotatable bonds is 12. The molecule has 8 bridgehead atoms. The molecule has 15 rings (SSSR count). The molecule has 14 nitrogen and oxygen atoms in total. The van der Waals surface area contributed by atoms with Gasteiger partial charge in [0.05, 0.1) is 86.0 Å². The fourth-order valence-corrected chi connectivity index (χ4v) is 26.0. The SMILES string of the molecule is CCCCOC1C2CCCCC2C(C)C2C3NC(NC4NC(NC5NC(NC6NC(N3)C3C(OC)C7CC8CCCCC8CC7C(OC)C63)C3C(C)C6CCCCC6C(OCCCC)C53)C3C(OC)C5CC6CCCCC6CC5C(OC)C43)C12. The van der Waals surface area contributed by atoms with Crippen LogP contribution in [0.5, 0.6) is 0 Å². The molecule has 0 aromatic rings. The van der Waals surface area contributed by atoms with Crippen molar-refractivity contribution in [3.63, 3.8) is 0 Å². The van der Waals surface area contributed by atoms with Crippen molar-refractivity contribution in [2.24, 2.45) is 130 Å². The molecule has 10 saturated carbocycles. The van der Waals surface area contributed by atoms with E-state index in [1.807, 2.05) is 0 Å². The molecule has 0 radical (unpaired) electrons. The lowest BCUT2D eigenvalue weighted by atomic mass is 9.54. The zero-order valence-electron chi connectivity index (χ0n) is 53.6. The van der Waals surface area contributed by atoms with Gasteiger partial charge in [-0.1, -0.05) is 118 Å². The van der Waals surface area contributed by atoms with Gasteiger partial charge in [0.25, 0.3) is 0 Å². The second kappa shape index (κ2) is 25.2. The van der Waals surface area contributed by atoms with Crippen LogP contribution in [0.2, 0.25) is 0 Å². The van der Waals surface area contributed by atoms with E-state index < -0.39 is 0 Å². The summed E-state index contributed by atoms with van der Waals surface area (Å²) >= 11 is 0. The molecular weight excluding hydrogens is 1050 g/mol. The van der Waals surface area contributed by atoms with Crippen LogP contribution in [-0.2, 0) is 28.4 Å². The van der Waals surface area contributed by atoms with E-state index in [0.29, 0.717) is 82.9 Å². The first-order valence-electron chi connectivity index (χ1n) is 36.7. The van der Waals surface area contributed by atoms with E-state index in [1.54, 1.807) is 0 Å². The summed E-state index contributed by atoms with van der Waals surface area (Å²) in [5, 5.41) is 36.9. The highest BCUT2D eigenvalue weighted by Gasteiger charge is 2.68. The van der Waals surface area contributed by atoms with E-state index in [9.17, 15) is 0 Å². The monoisotopic (exact) mass is 1170 g/mol. The van der Waals surface area contributed by atoms with Gasteiger partial charge >= 0.3 is 0 Å². The van der Waals surface area contributed by atoms with E-state index in [4.69, 9.17) is 28.4 Å². The summed E-state index contributed by atoms with van der Waals surface area (Å²) in [6, 6.07) is 0. The number of hydrogen-bond acceptors (Lipinski definition) is 14. The molecule has 15 fully saturated rings. The predicted molar refractivity (Wildman–Crippen MR) is 328 cm³/mol. The lowest BCUT2D eigenvalue weighted by molar-refractivity contribution is -0.171. The molecule has 10 aliphatic carbocycles. The van der Waals surface area contributed by atoms with Gasteiger partial charge in [-0.3, -0.25) is 42.5 Å². The Bertz CT molecular complexity index is 2060. The Balaban J connectivity index is 0.871. The number of methoxy groups -OCH3 is 4. The van der Waals surface area contributed by atoms with Crippen LogP contribution in [-0.4, -0.2) is 128 Å². The van der Waals surface area contributed by atoms with Gasteiger partial charge in [-0.2, -0.15) is 0 Å². The summed E-state index contributed by atoms with van der Waals surface area (Å²) in [5.74, 6) is 10.9. The number of nitrogens with one attached hydrogen (secondary N) is 8. The van der Waals surface area contributed by atoms with Crippen LogP contribution in [0.25, 0.3) is 0 Å². The highest BCUT2D eigenvalue weighted by molar-refractivity contribution is 5.19. The Morgan fingerprint density at radius 3 is 0.786 bits per heavy atom. The summed E-state index contributed by atoms with van der Waals surface area (Å²) in [6.07, 6.45) is 32.4. The minimum Gasteiger partial charge on any atom is -0.381 e. The van der Waals surface area contributed by atoms with Gasteiger partial charge in [-0.15, -0.1) is 0 Å². The molecule has 36 unspecified atom stereocenters. The smallest absolute Gasteiger partial charge is 0.0665 e. The summed E-state index contributed by atoms with van der Waals surface area (Å²) in [6.45, 7) is 11.7. The number of ether oxygens (including phenoxy) is 6. The first kappa shape index (κ1) is 59.7. The van der Waals surface area contributed by atoms with Crippen LogP contribution in [0.3, 0.4) is 0 Å². The van der Waals surface area contributed by atoms with Crippen molar-refractivity contribution < 1.29 is 28.4 Å². The molecule has 0 aromatic heterocycles. The number of hydrogen-bond donors (Lipinski definition) is 8. The van der Waals surface area contributed by atoms with Crippen LogP contribution in [0.1, 0.15) is 182 Å². The van der Waals surface area contributed by atoms with E-state index >= 15 is 0 Å². The Labute approximate surface area is 508 Å². The second-order valence-electron chi connectivity index (χ2n) is 32.1. The zero-order valence-corrected chi connectivity index (χ0v) is 53.6. The van der Waals surface area contributed by atoms with Crippen molar-refractivity contribution >= 4 is 0 Å². The van der Waals surface area contributed by atoms with Crippen molar-refractivity contribution in [2.75, 3.05) is 41.7 Å². The molecule has 14 heteroatoms. The van der Waals surface area contributed by atoms with Gasteiger partial charge in [-0.05, 0) is 159 Å². The molecule has 476 valence electrons. The minimum absolute atomic E-state index is 0.000215. The van der Waals surface area contributed by atoms with Gasteiger partial charge in [0.1, 0.15) is 0 Å². The van der Waals surface area contributed by atoms with E-state index in [-0.39, 0.29) is 110 Å². The maximum atomic E-state index is 7.53. The summed E-state index contributed by atoms with van der Waals surface area (Å²) in [7, 11) is 8.31. The molecule has 84 heavy (non-hydrogen) atoms. The molecule has 5 saturated heterocycles.